The molecule has 0 radical (unpaired) electrons. The highest BCUT2D eigenvalue weighted by atomic mass is 79.9. The van der Waals surface area contributed by atoms with Gasteiger partial charge < -0.3 is 15.2 Å². The van der Waals surface area contributed by atoms with Gasteiger partial charge in [-0.2, -0.15) is 5.10 Å². The Kier molecular flexibility index (Phi) is 6.20. The Morgan fingerprint density at radius 1 is 1.33 bits per heavy atom. The first-order valence-corrected chi connectivity index (χ1v) is 7.98. The number of amides is 1. The first kappa shape index (κ1) is 17.8. The van der Waals surface area contributed by atoms with Gasteiger partial charge in [-0.05, 0) is 52.7 Å². The molecular formula is C17H18BrN3O3. The normalized spacial score (nSPS) is 10.6. The number of carbonyl (C=O) groups is 1. The first-order chi connectivity index (χ1) is 11.5. The zero-order valence-corrected chi connectivity index (χ0v) is 14.9. The molecule has 2 aromatic carbocycles. The number of nitrogens with zero attached hydrogens (tertiary/aromatic N) is 1. The topological polar surface area (TPSA) is 83.0 Å². The lowest BCUT2D eigenvalue weighted by atomic mass is 10.2. The number of methoxy groups -OCH3 is 1. The number of carbonyl (C=O) groups excluding carboxylic acids is 1. The van der Waals surface area contributed by atoms with E-state index >= 15 is 0 Å². The minimum Gasteiger partial charge on any atom is -0.503 e. The molecule has 0 saturated heterocycles. The van der Waals surface area contributed by atoms with Gasteiger partial charge in [0, 0.05) is 5.69 Å². The van der Waals surface area contributed by atoms with Crippen molar-refractivity contribution in [1.29, 1.82) is 0 Å². The predicted octanol–water partition coefficient (Wildman–Crippen LogP) is 3.03. The Hall–Kier alpha value is -2.54. The van der Waals surface area contributed by atoms with Crippen molar-refractivity contribution in [2.75, 3.05) is 19.0 Å². The van der Waals surface area contributed by atoms with E-state index in [0.29, 0.717) is 15.8 Å². The molecule has 0 aliphatic heterocycles. The van der Waals surface area contributed by atoms with Crippen LogP contribution in [0, 0.1) is 6.92 Å². The van der Waals surface area contributed by atoms with Gasteiger partial charge >= 0.3 is 0 Å². The number of benzene rings is 2. The summed E-state index contributed by atoms with van der Waals surface area (Å²) in [5, 5.41) is 16.6. The average Bonchev–Trinajstić information content (AvgIpc) is 2.57. The second kappa shape index (κ2) is 8.35. The van der Waals surface area contributed by atoms with Gasteiger partial charge in [-0.1, -0.05) is 17.7 Å². The summed E-state index contributed by atoms with van der Waals surface area (Å²) in [5.41, 5.74) is 5.13. The molecule has 0 spiro atoms. The van der Waals surface area contributed by atoms with E-state index in [1.165, 1.54) is 13.3 Å². The lowest BCUT2D eigenvalue weighted by Crippen LogP contribution is -2.25. The average molecular weight is 392 g/mol. The Morgan fingerprint density at radius 2 is 2.04 bits per heavy atom. The molecule has 0 unspecified atom stereocenters. The molecule has 0 aromatic heterocycles. The van der Waals surface area contributed by atoms with Crippen LogP contribution < -0.4 is 15.5 Å². The maximum Gasteiger partial charge on any atom is 0.259 e. The van der Waals surface area contributed by atoms with Gasteiger partial charge in [0.15, 0.2) is 11.5 Å². The van der Waals surface area contributed by atoms with Crippen LogP contribution in [0.25, 0.3) is 0 Å². The second-order valence-corrected chi connectivity index (χ2v) is 5.92. The van der Waals surface area contributed by atoms with Gasteiger partial charge in [-0.3, -0.25) is 4.79 Å². The van der Waals surface area contributed by atoms with E-state index in [4.69, 9.17) is 4.74 Å². The maximum atomic E-state index is 11.8. The number of phenolic OH excluding ortho intramolecular Hbond substituents is 1. The van der Waals surface area contributed by atoms with Gasteiger partial charge in [0.2, 0.25) is 0 Å². The molecule has 0 fully saturated rings. The van der Waals surface area contributed by atoms with Crippen molar-refractivity contribution in [3.05, 3.63) is 52.0 Å². The third kappa shape index (κ3) is 4.99. The number of hydrazone groups is 1. The van der Waals surface area contributed by atoms with E-state index in [-0.39, 0.29) is 18.2 Å². The molecule has 0 atom stereocenters. The fourth-order valence-electron chi connectivity index (χ4n) is 1.90. The molecule has 0 saturated carbocycles. The zero-order chi connectivity index (χ0) is 17.5. The molecule has 7 heteroatoms. The number of aryl methyl sites for hydroxylation is 1. The third-order valence-electron chi connectivity index (χ3n) is 3.18. The van der Waals surface area contributed by atoms with Gasteiger partial charge in [0.25, 0.3) is 5.91 Å². The number of aromatic hydroxyl groups is 1. The molecular weight excluding hydrogens is 374 g/mol. The zero-order valence-electron chi connectivity index (χ0n) is 13.3. The number of rotatable bonds is 6. The molecule has 126 valence electrons. The quantitative estimate of drug-likeness (QED) is 0.521. The number of hydrogen-bond donors (Lipinski definition) is 3. The summed E-state index contributed by atoms with van der Waals surface area (Å²) in [4.78, 5) is 11.8. The van der Waals surface area contributed by atoms with Crippen LogP contribution >= 0.6 is 15.9 Å². The lowest BCUT2D eigenvalue weighted by molar-refractivity contribution is -0.119. The fraction of sp³-hybridized carbons (Fsp3) is 0.176. The number of phenols is 1. The van der Waals surface area contributed by atoms with Crippen molar-refractivity contribution in [2.24, 2.45) is 5.10 Å². The summed E-state index contributed by atoms with van der Waals surface area (Å²) in [6, 6.07) is 11.0. The van der Waals surface area contributed by atoms with Gasteiger partial charge in [0.05, 0.1) is 24.3 Å². The minimum atomic E-state index is -0.267. The van der Waals surface area contributed by atoms with Crippen LogP contribution in [0.2, 0.25) is 0 Å². The van der Waals surface area contributed by atoms with E-state index in [1.807, 2.05) is 31.2 Å². The van der Waals surface area contributed by atoms with Crippen molar-refractivity contribution in [2.45, 2.75) is 6.92 Å². The molecule has 24 heavy (non-hydrogen) atoms. The molecule has 0 aliphatic carbocycles. The monoisotopic (exact) mass is 391 g/mol. The van der Waals surface area contributed by atoms with E-state index in [9.17, 15) is 9.90 Å². The summed E-state index contributed by atoms with van der Waals surface area (Å²) in [7, 11) is 1.46. The minimum absolute atomic E-state index is 0.0148. The van der Waals surface area contributed by atoms with Gasteiger partial charge in [0.1, 0.15) is 0 Å². The van der Waals surface area contributed by atoms with Crippen molar-refractivity contribution < 1.29 is 14.6 Å². The summed E-state index contributed by atoms with van der Waals surface area (Å²) in [5.74, 6) is 0.0656. The number of nitrogens with one attached hydrogen (secondary N) is 2. The lowest BCUT2D eigenvalue weighted by Gasteiger charge is -2.07. The summed E-state index contributed by atoms with van der Waals surface area (Å²) < 4.78 is 5.53. The highest BCUT2D eigenvalue weighted by molar-refractivity contribution is 9.10. The molecule has 3 N–H and O–H groups in total. The highest BCUT2D eigenvalue weighted by Crippen LogP contribution is 2.34. The SMILES string of the molecule is COc1cc(C=NNC(=O)CNc2ccc(C)cc2)cc(Br)c1O. The maximum absolute atomic E-state index is 11.8. The summed E-state index contributed by atoms with van der Waals surface area (Å²) >= 11 is 3.23. The summed E-state index contributed by atoms with van der Waals surface area (Å²) in [6.07, 6.45) is 1.47. The molecule has 0 aliphatic rings. The van der Waals surface area contributed by atoms with Crippen LogP contribution in [0.5, 0.6) is 11.5 Å². The molecule has 1 amide bonds. The second-order valence-electron chi connectivity index (χ2n) is 5.07. The largest absolute Gasteiger partial charge is 0.503 e. The molecule has 6 nitrogen and oxygen atoms in total. The van der Waals surface area contributed by atoms with E-state index < -0.39 is 0 Å². The Bertz CT molecular complexity index is 745. The van der Waals surface area contributed by atoms with Crippen molar-refractivity contribution in [3.8, 4) is 11.5 Å². The smallest absolute Gasteiger partial charge is 0.259 e. The van der Waals surface area contributed by atoms with Crippen LogP contribution in [0.4, 0.5) is 5.69 Å². The number of anilines is 1. The molecule has 2 rings (SSSR count). The van der Waals surface area contributed by atoms with Gasteiger partial charge in [-0.15, -0.1) is 0 Å². The van der Waals surface area contributed by atoms with Gasteiger partial charge in [-0.25, -0.2) is 5.43 Å². The molecule has 0 heterocycles. The van der Waals surface area contributed by atoms with Crippen LogP contribution in [-0.4, -0.2) is 30.9 Å². The Balaban J connectivity index is 1.88. The van der Waals surface area contributed by atoms with E-state index in [0.717, 1.165) is 11.3 Å². The van der Waals surface area contributed by atoms with Crippen LogP contribution in [-0.2, 0) is 4.79 Å². The fourth-order valence-corrected chi connectivity index (χ4v) is 2.36. The highest BCUT2D eigenvalue weighted by Gasteiger charge is 2.07. The third-order valence-corrected chi connectivity index (χ3v) is 3.78. The number of ether oxygens (including phenoxy) is 1. The first-order valence-electron chi connectivity index (χ1n) is 7.18. The Labute approximate surface area is 148 Å². The predicted molar refractivity (Wildman–Crippen MR) is 97.8 cm³/mol. The van der Waals surface area contributed by atoms with Crippen LogP contribution in [0.3, 0.4) is 0 Å². The Morgan fingerprint density at radius 3 is 2.71 bits per heavy atom. The van der Waals surface area contributed by atoms with Crippen LogP contribution in [0.15, 0.2) is 46.0 Å². The van der Waals surface area contributed by atoms with Crippen molar-refractivity contribution >= 4 is 33.7 Å². The standard InChI is InChI=1S/C17H18BrN3O3/c1-11-3-5-13(6-4-11)19-10-16(22)21-20-9-12-7-14(18)17(23)15(8-12)24-2/h3-9,19,23H,10H2,1-2H3,(H,21,22). The number of halogens is 1. The van der Waals surface area contributed by atoms with E-state index in [1.54, 1.807) is 12.1 Å². The molecule has 2 aromatic rings. The van der Waals surface area contributed by atoms with E-state index in [2.05, 4.69) is 31.8 Å². The van der Waals surface area contributed by atoms with Crippen molar-refractivity contribution in [3.63, 3.8) is 0 Å². The molecule has 0 bridgehead atoms. The van der Waals surface area contributed by atoms with Crippen molar-refractivity contribution in [1.82, 2.24) is 5.43 Å². The number of hydrogen-bond acceptors (Lipinski definition) is 5. The summed E-state index contributed by atoms with van der Waals surface area (Å²) in [6.45, 7) is 2.12. The van der Waals surface area contributed by atoms with Crippen LogP contribution in [0.1, 0.15) is 11.1 Å².